The molecule has 1 aromatic rings. The highest BCUT2D eigenvalue weighted by Gasteiger charge is 2.31. The van der Waals surface area contributed by atoms with Gasteiger partial charge in [0.1, 0.15) is 11.6 Å². The van der Waals surface area contributed by atoms with E-state index in [2.05, 4.69) is 10.2 Å². The molecule has 0 bridgehead atoms. The fourth-order valence-corrected chi connectivity index (χ4v) is 4.07. The number of hydrogen-bond donors (Lipinski definition) is 1. The molecule has 7 heteroatoms. The van der Waals surface area contributed by atoms with Gasteiger partial charge in [0.25, 0.3) is 0 Å². The summed E-state index contributed by atoms with van der Waals surface area (Å²) < 4.78 is 27.0. The second kappa shape index (κ2) is 7.15. The third-order valence-corrected chi connectivity index (χ3v) is 5.54. The molecule has 0 saturated carbocycles. The van der Waals surface area contributed by atoms with E-state index in [1.165, 1.54) is 12.1 Å². The van der Waals surface area contributed by atoms with Gasteiger partial charge in [-0.15, -0.1) is 11.8 Å². The summed E-state index contributed by atoms with van der Waals surface area (Å²) in [4.78, 5) is 16.4. The number of nitrogens with zero attached hydrogens (tertiary/aromatic N) is 2. The Bertz CT molecular complexity index is 572. The van der Waals surface area contributed by atoms with Crippen LogP contribution in [-0.2, 0) is 4.79 Å². The summed E-state index contributed by atoms with van der Waals surface area (Å²) in [6.45, 7) is 4.61. The van der Waals surface area contributed by atoms with Crippen molar-refractivity contribution in [1.82, 2.24) is 15.1 Å². The Kier molecular flexibility index (Phi) is 5.18. The largest absolute Gasteiger partial charge is 0.339 e. The maximum atomic E-state index is 13.9. The van der Waals surface area contributed by atoms with Crippen LogP contribution in [0.15, 0.2) is 18.2 Å². The van der Waals surface area contributed by atoms with Crippen LogP contribution < -0.4 is 5.32 Å². The SMILES string of the molecule is C[C@@H](c1ccc(F)cc1F)N1CCN(C(=O)[C@H]2CSCN2)CC1. The average molecular weight is 341 g/mol. The Labute approximate surface area is 139 Å². The van der Waals surface area contributed by atoms with Crippen LogP contribution >= 0.6 is 11.8 Å². The van der Waals surface area contributed by atoms with Crippen molar-refractivity contribution < 1.29 is 13.6 Å². The fourth-order valence-electron chi connectivity index (χ4n) is 3.14. The summed E-state index contributed by atoms with van der Waals surface area (Å²) in [5, 5.41) is 3.20. The Morgan fingerprint density at radius 2 is 2.04 bits per heavy atom. The molecule has 1 amide bonds. The lowest BCUT2D eigenvalue weighted by atomic mass is 10.0. The third kappa shape index (κ3) is 3.67. The minimum absolute atomic E-state index is 0.0708. The lowest BCUT2D eigenvalue weighted by molar-refractivity contribution is -0.134. The molecule has 0 aliphatic carbocycles. The first kappa shape index (κ1) is 16.7. The van der Waals surface area contributed by atoms with Crippen molar-refractivity contribution in [2.75, 3.05) is 37.8 Å². The first-order valence-corrected chi connectivity index (χ1v) is 9.00. The predicted molar refractivity (Wildman–Crippen MR) is 87.2 cm³/mol. The molecule has 0 aromatic heterocycles. The summed E-state index contributed by atoms with van der Waals surface area (Å²) in [7, 11) is 0. The first-order chi connectivity index (χ1) is 11.1. The van der Waals surface area contributed by atoms with Crippen LogP contribution in [0.4, 0.5) is 8.78 Å². The Morgan fingerprint density at radius 1 is 1.30 bits per heavy atom. The van der Waals surface area contributed by atoms with E-state index in [-0.39, 0.29) is 18.0 Å². The fraction of sp³-hybridized carbons (Fsp3) is 0.562. The van der Waals surface area contributed by atoms with Crippen molar-refractivity contribution in [3.05, 3.63) is 35.4 Å². The van der Waals surface area contributed by atoms with E-state index in [1.807, 2.05) is 11.8 Å². The molecule has 0 spiro atoms. The number of hydrogen-bond acceptors (Lipinski definition) is 4. The highest BCUT2D eigenvalue weighted by atomic mass is 32.2. The molecular formula is C16H21F2N3OS. The van der Waals surface area contributed by atoms with E-state index in [1.54, 1.807) is 11.8 Å². The van der Waals surface area contributed by atoms with Crippen molar-refractivity contribution in [3.63, 3.8) is 0 Å². The van der Waals surface area contributed by atoms with E-state index < -0.39 is 11.6 Å². The number of carbonyl (C=O) groups excluding carboxylic acids is 1. The molecule has 0 unspecified atom stereocenters. The smallest absolute Gasteiger partial charge is 0.240 e. The molecule has 2 atom stereocenters. The monoisotopic (exact) mass is 341 g/mol. The van der Waals surface area contributed by atoms with Crippen molar-refractivity contribution in [3.8, 4) is 0 Å². The van der Waals surface area contributed by atoms with Gasteiger partial charge in [0.15, 0.2) is 0 Å². The molecule has 23 heavy (non-hydrogen) atoms. The summed E-state index contributed by atoms with van der Waals surface area (Å²) in [5.41, 5.74) is 0.500. The number of amides is 1. The lowest BCUT2D eigenvalue weighted by Gasteiger charge is -2.39. The maximum Gasteiger partial charge on any atom is 0.240 e. The van der Waals surface area contributed by atoms with Gasteiger partial charge in [-0.25, -0.2) is 8.78 Å². The number of carbonyl (C=O) groups is 1. The minimum atomic E-state index is -0.559. The van der Waals surface area contributed by atoms with E-state index in [0.29, 0.717) is 31.7 Å². The first-order valence-electron chi connectivity index (χ1n) is 7.85. The number of thioether (sulfide) groups is 1. The minimum Gasteiger partial charge on any atom is -0.339 e. The maximum absolute atomic E-state index is 13.9. The summed E-state index contributed by atoms with van der Waals surface area (Å²) in [5.74, 6) is 0.752. The van der Waals surface area contributed by atoms with Gasteiger partial charge in [0, 0.05) is 55.5 Å². The predicted octanol–water partition coefficient (Wildman–Crippen LogP) is 1.83. The summed E-state index contributed by atoms with van der Waals surface area (Å²) >= 11 is 1.74. The van der Waals surface area contributed by atoms with Crippen molar-refractivity contribution >= 4 is 17.7 Å². The Balaban J connectivity index is 1.58. The molecule has 2 saturated heterocycles. The molecule has 1 N–H and O–H groups in total. The van der Waals surface area contributed by atoms with Crippen LogP contribution in [0, 0.1) is 11.6 Å². The van der Waals surface area contributed by atoms with Gasteiger partial charge in [-0.05, 0) is 13.0 Å². The number of piperazine rings is 1. The van der Waals surface area contributed by atoms with Crippen LogP contribution in [0.5, 0.6) is 0 Å². The van der Waals surface area contributed by atoms with Crippen LogP contribution in [-0.4, -0.2) is 59.6 Å². The number of halogens is 2. The van der Waals surface area contributed by atoms with Gasteiger partial charge in [0.05, 0.1) is 6.04 Å². The van der Waals surface area contributed by atoms with Crippen LogP contribution in [0.3, 0.4) is 0 Å². The summed E-state index contributed by atoms with van der Waals surface area (Å²) in [6.07, 6.45) is 0. The quantitative estimate of drug-likeness (QED) is 0.910. The number of benzene rings is 1. The van der Waals surface area contributed by atoms with Gasteiger partial charge < -0.3 is 4.90 Å². The zero-order valence-electron chi connectivity index (χ0n) is 13.1. The number of rotatable bonds is 3. The molecule has 126 valence electrons. The van der Waals surface area contributed by atoms with Gasteiger partial charge in [0.2, 0.25) is 5.91 Å². The standard InChI is InChI=1S/C16H21F2N3OS/c1-11(13-3-2-12(17)8-14(13)18)20-4-6-21(7-5-20)16(22)15-9-23-10-19-15/h2-3,8,11,15,19H,4-7,9-10H2,1H3/t11-,15+/m0/s1. The van der Waals surface area contributed by atoms with Gasteiger partial charge in [-0.1, -0.05) is 6.07 Å². The normalized spacial score (nSPS) is 24.0. The van der Waals surface area contributed by atoms with Crippen LogP contribution in [0.2, 0.25) is 0 Å². The van der Waals surface area contributed by atoms with E-state index in [4.69, 9.17) is 0 Å². The van der Waals surface area contributed by atoms with Gasteiger partial charge in [-0.2, -0.15) is 0 Å². The van der Waals surface area contributed by atoms with Gasteiger partial charge in [-0.3, -0.25) is 15.0 Å². The Morgan fingerprint density at radius 3 is 2.65 bits per heavy atom. The second-order valence-electron chi connectivity index (χ2n) is 5.97. The molecule has 0 radical (unpaired) electrons. The van der Waals surface area contributed by atoms with E-state index in [0.717, 1.165) is 17.7 Å². The molecule has 4 nitrogen and oxygen atoms in total. The zero-order chi connectivity index (χ0) is 16.4. The van der Waals surface area contributed by atoms with Crippen molar-refractivity contribution in [2.45, 2.75) is 19.0 Å². The van der Waals surface area contributed by atoms with E-state index >= 15 is 0 Å². The molecule has 1 aromatic carbocycles. The van der Waals surface area contributed by atoms with Crippen molar-refractivity contribution in [2.24, 2.45) is 0 Å². The summed E-state index contributed by atoms with van der Waals surface area (Å²) in [6, 6.07) is 3.52. The second-order valence-corrected chi connectivity index (χ2v) is 7.01. The third-order valence-electron chi connectivity index (χ3n) is 4.60. The van der Waals surface area contributed by atoms with E-state index in [9.17, 15) is 13.6 Å². The molecular weight excluding hydrogens is 320 g/mol. The Hall–Kier alpha value is -1.18. The average Bonchev–Trinajstić information content (AvgIpc) is 3.08. The lowest BCUT2D eigenvalue weighted by Crippen LogP contribution is -2.53. The molecule has 2 aliphatic heterocycles. The highest BCUT2D eigenvalue weighted by Crippen LogP contribution is 2.25. The van der Waals surface area contributed by atoms with Crippen molar-refractivity contribution in [1.29, 1.82) is 0 Å². The molecule has 3 rings (SSSR count). The van der Waals surface area contributed by atoms with Crippen LogP contribution in [0.1, 0.15) is 18.5 Å². The topological polar surface area (TPSA) is 35.6 Å². The molecule has 2 fully saturated rings. The highest BCUT2D eigenvalue weighted by molar-refractivity contribution is 7.99. The van der Waals surface area contributed by atoms with Crippen LogP contribution in [0.25, 0.3) is 0 Å². The number of nitrogens with one attached hydrogen (secondary N) is 1. The molecule has 2 aliphatic rings. The molecule has 2 heterocycles. The zero-order valence-corrected chi connectivity index (χ0v) is 13.9. The van der Waals surface area contributed by atoms with Gasteiger partial charge >= 0.3 is 0 Å².